The van der Waals surface area contributed by atoms with Gasteiger partial charge in [-0.3, -0.25) is 4.99 Å². The number of pyridine rings is 1. The number of hydrogen-bond donors (Lipinski definition) is 2. The maximum atomic E-state index is 5.79. The quantitative estimate of drug-likeness (QED) is 0.623. The highest BCUT2D eigenvalue weighted by Gasteiger charge is 2.22. The largest absolute Gasteiger partial charge is 0.372 e. The summed E-state index contributed by atoms with van der Waals surface area (Å²) in [6.07, 6.45) is 2.40. The first-order valence-electron chi connectivity index (χ1n) is 8.95. The molecule has 0 bridgehead atoms. The van der Waals surface area contributed by atoms with Gasteiger partial charge in [0.05, 0.1) is 12.2 Å². The van der Waals surface area contributed by atoms with Crippen LogP contribution in [-0.2, 0) is 17.8 Å². The van der Waals surface area contributed by atoms with Crippen LogP contribution in [0, 0.1) is 0 Å². The first kappa shape index (κ1) is 18.7. The van der Waals surface area contributed by atoms with Gasteiger partial charge in [0.2, 0.25) is 0 Å². The van der Waals surface area contributed by atoms with Gasteiger partial charge in [-0.05, 0) is 47.9 Å². The highest BCUT2D eigenvalue weighted by atomic mass is 32.1. The first-order chi connectivity index (χ1) is 12.6. The molecule has 7 heteroatoms. The van der Waals surface area contributed by atoms with Crippen molar-refractivity contribution in [3.8, 4) is 0 Å². The van der Waals surface area contributed by atoms with Crippen molar-refractivity contribution < 1.29 is 4.74 Å². The highest BCUT2D eigenvalue weighted by Crippen LogP contribution is 2.18. The summed E-state index contributed by atoms with van der Waals surface area (Å²) in [7, 11) is 1.78. The molecule has 1 aliphatic heterocycles. The molecule has 1 fully saturated rings. The second-order valence-corrected chi connectivity index (χ2v) is 7.38. The molecule has 2 unspecified atom stereocenters. The molecule has 0 aromatic carbocycles. The summed E-state index contributed by atoms with van der Waals surface area (Å²) in [5.74, 6) is 1.80. The Hall–Kier alpha value is -2.12. The number of ether oxygens (including phenoxy) is 1. The van der Waals surface area contributed by atoms with E-state index in [1.807, 2.05) is 6.20 Å². The molecule has 0 saturated carbocycles. The Morgan fingerprint density at radius 3 is 2.50 bits per heavy atom. The van der Waals surface area contributed by atoms with Crippen molar-refractivity contribution in [3.05, 3.63) is 46.3 Å². The Balaban J connectivity index is 1.50. The van der Waals surface area contributed by atoms with Gasteiger partial charge in [-0.25, -0.2) is 4.98 Å². The average molecular weight is 374 g/mol. The molecule has 2 atom stereocenters. The summed E-state index contributed by atoms with van der Waals surface area (Å²) in [6.45, 7) is 7.44. The van der Waals surface area contributed by atoms with E-state index in [1.54, 1.807) is 18.4 Å². The zero-order valence-electron chi connectivity index (χ0n) is 15.6. The van der Waals surface area contributed by atoms with Crippen molar-refractivity contribution in [3.63, 3.8) is 0 Å². The van der Waals surface area contributed by atoms with E-state index < -0.39 is 0 Å². The van der Waals surface area contributed by atoms with Crippen LogP contribution in [-0.4, -0.2) is 43.3 Å². The van der Waals surface area contributed by atoms with Gasteiger partial charge < -0.3 is 20.3 Å². The third-order valence-electron chi connectivity index (χ3n) is 4.28. The molecular weight excluding hydrogens is 346 g/mol. The molecule has 140 valence electrons. The van der Waals surface area contributed by atoms with Crippen LogP contribution < -0.4 is 15.5 Å². The van der Waals surface area contributed by atoms with Crippen LogP contribution in [0.5, 0.6) is 0 Å². The lowest BCUT2D eigenvalue weighted by Crippen LogP contribution is -2.45. The van der Waals surface area contributed by atoms with E-state index in [0.717, 1.165) is 37.0 Å². The normalized spacial score (nSPS) is 20.9. The fraction of sp³-hybridized carbons (Fsp3) is 0.474. The van der Waals surface area contributed by atoms with Crippen LogP contribution in [0.3, 0.4) is 0 Å². The van der Waals surface area contributed by atoms with E-state index in [2.05, 4.69) is 68.3 Å². The van der Waals surface area contributed by atoms with Crippen molar-refractivity contribution >= 4 is 23.1 Å². The number of morpholine rings is 1. The Labute approximate surface area is 159 Å². The number of guanidine groups is 1. The molecule has 0 radical (unpaired) electrons. The number of nitrogens with one attached hydrogen (secondary N) is 2. The Bertz CT molecular complexity index is 691. The molecule has 2 N–H and O–H groups in total. The number of hydrogen-bond acceptors (Lipinski definition) is 5. The smallest absolute Gasteiger partial charge is 0.191 e. The fourth-order valence-electron chi connectivity index (χ4n) is 3.06. The van der Waals surface area contributed by atoms with Crippen LogP contribution in [0.1, 0.15) is 25.0 Å². The maximum absolute atomic E-state index is 5.79. The number of nitrogens with zero attached hydrogens (tertiary/aromatic N) is 3. The van der Waals surface area contributed by atoms with Crippen LogP contribution in [0.15, 0.2) is 40.1 Å². The maximum Gasteiger partial charge on any atom is 0.191 e. The van der Waals surface area contributed by atoms with Gasteiger partial charge in [-0.1, -0.05) is 6.07 Å². The molecule has 0 aliphatic carbocycles. The summed E-state index contributed by atoms with van der Waals surface area (Å²) >= 11 is 1.70. The van der Waals surface area contributed by atoms with Gasteiger partial charge in [0, 0.05) is 39.4 Å². The van der Waals surface area contributed by atoms with E-state index in [-0.39, 0.29) is 12.2 Å². The molecule has 1 saturated heterocycles. The topological polar surface area (TPSA) is 61.8 Å². The lowest BCUT2D eigenvalue weighted by atomic mass is 10.2. The Kier molecular flexibility index (Phi) is 6.46. The molecule has 6 nitrogen and oxygen atoms in total. The minimum absolute atomic E-state index is 0.236. The molecule has 0 spiro atoms. The fourth-order valence-corrected chi connectivity index (χ4v) is 3.73. The molecule has 26 heavy (non-hydrogen) atoms. The van der Waals surface area contributed by atoms with Gasteiger partial charge in [0.25, 0.3) is 0 Å². The van der Waals surface area contributed by atoms with E-state index in [4.69, 9.17) is 4.74 Å². The number of anilines is 1. The third kappa shape index (κ3) is 5.19. The predicted molar refractivity (Wildman–Crippen MR) is 108 cm³/mol. The molecule has 1 aliphatic rings. The van der Waals surface area contributed by atoms with Gasteiger partial charge in [-0.15, -0.1) is 0 Å². The summed E-state index contributed by atoms with van der Waals surface area (Å²) in [6, 6.07) is 6.32. The zero-order chi connectivity index (χ0) is 18.4. The van der Waals surface area contributed by atoms with Crippen molar-refractivity contribution in [1.29, 1.82) is 0 Å². The van der Waals surface area contributed by atoms with Gasteiger partial charge in [0.1, 0.15) is 5.82 Å². The van der Waals surface area contributed by atoms with Gasteiger partial charge in [0.15, 0.2) is 5.96 Å². The summed E-state index contributed by atoms with van der Waals surface area (Å²) in [5, 5.41) is 10.9. The minimum atomic E-state index is 0.236. The van der Waals surface area contributed by atoms with E-state index in [0.29, 0.717) is 6.54 Å². The lowest BCUT2D eigenvalue weighted by Gasteiger charge is -2.36. The standard InChI is InChI=1S/C19H27N5OS/c1-14-11-24(12-15(2)25-14)18-5-4-16(8-21-18)9-22-19(20-3)23-10-17-6-7-26-13-17/h4-8,13-15H,9-12H2,1-3H3,(H2,20,22,23). The molecule has 3 rings (SSSR count). The summed E-state index contributed by atoms with van der Waals surface area (Å²) in [5.41, 5.74) is 2.39. The van der Waals surface area contributed by atoms with Gasteiger partial charge in [-0.2, -0.15) is 11.3 Å². The van der Waals surface area contributed by atoms with Crippen molar-refractivity contribution in [2.24, 2.45) is 4.99 Å². The zero-order valence-corrected chi connectivity index (χ0v) is 16.4. The van der Waals surface area contributed by atoms with Crippen molar-refractivity contribution in [2.75, 3.05) is 25.0 Å². The van der Waals surface area contributed by atoms with E-state index in [9.17, 15) is 0 Å². The lowest BCUT2D eigenvalue weighted by molar-refractivity contribution is -0.00545. The predicted octanol–water partition coefficient (Wildman–Crippen LogP) is 2.62. The van der Waals surface area contributed by atoms with Crippen molar-refractivity contribution in [1.82, 2.24) is 15.6 Å². The molecule has 2 aromatic rings. The Morgan fingerprint density at radius 2 is 1.92 bits per heavy atom. The second kappa shape index (κ2) is 9.00. The SMILES string of the molecule is CN=C(NCc1ccc(N2CC(C)OC(C)C2)nc1)NCc1ccsc1. The number of rotatable bonds is 5. The summed E-state index contributed by atoms with van der Waals surface area (Å²) in [4.78, 5) is 11.2. The Morgan fingerprint density at radius 1 is 1.19 bits per heavy atom. The molecule has 2 aromatic heterocycles. The minimum Gasteiger partial charge on any atom is -0.372 e. The molecule has 3 heterocycles. The second-order valence-electron chi connectivity index (χ2n) is 6.60. The van der Waals surface area contributed by atoms with Crippen molar-refractivity contribution in [2.45, 2.75) is 39.1 Å². The van der Waals surface area contributed by atoms with Gasteiger partial charge >= 0.3 is 0 Å². The number of aromatic nitrogens is 1. The number of thiophene rings is 1. The third-order valence-corrected chi connectivity index (χ3v) is 5.01. The van der Waals surface area contributed by atoms with E-state index in [1.165, 1.54) is 5.56 Å². The van der Waals surface area contributed by atoms with Crippen LogP contribution >= 0.6 is 11.3 Å². The first-order valence-corrected chi connectivity index (χ1v) is 9.89. The highest BCUT2D eigenvalue weighted by molar-refractivity contribution is 7.07. The molecular formula is C19H27N5OS. The van der Waals surface area contributed by atoms with Crippen LogP contribution in [0.2, 0.25) is 0 Å². The monoisotopic (exact) mass is 373 g/mol. The number of aliphatic imine (C=N–C) groups is 1. The van der Waals surface area contributed by atoms with E-state index >= 15 is 0 Å². The average Bonchev–Trinajstić information content (AvgIpc) is 3.15. The molecule has 0 amide bonds. The summed E-state index contributed by atoms with van der Waals surface area (Å²) < 4.78 is 5.79. The van der Waals surface area contributed by atoms with Crippen LogP contribution in [0.25, 0.3) is 0 Å². The van der Waals surface area contributed by atoms with Crippen LogP contribution in [0.4, 0.5) is 5.82 Å².